The minimum absolute atomic E-state index is 0.0481. The lowest BCUT2D eigenvalue weighted by Crippen LogP contribution is -2.17. The number of aryl methyl sites for hydroxylation is 1. The quantitative estimate of drug-likeness (QED) is 0.793. The molecule has 3 N–H and O–H groups in total. The van der Waals surface area contributed by atoms with Crippen LogP contribution in [-0.4, -0.2) is 15.7 Å². The lowest BCUT2D eigenvalue weighted by Gasteiger charge is -2.08. The average Bonchev–Trinajstić information content (AvgIpc) is 2.86. The van der Waals surface area contributed by atoms with Crippen molar-refractivity contribution in [3.63, 3.8) is 0 Å². The van der Waals surface area contributed by atoms with Crippen LogP contribution in [0.1, 0.15) is 25.3 Å². The zero-order valence-corrected chi connectivity index (χ0v) is 11.7. The van der Waals surface area contributed by atoms with Crippen LogP contribution >= 0.6 is 0 Å². The first-order valence-electron chi connectivity index (χ1n) is 6.85. The fourth-order valence-corrected chi connectivity index (χ4v) is 1.93. The zero-order valence-electron chi connectivity index (χ0n) is 11.7. The number of hydrogen-bond acceptors (Lipinski definition) is 3. The summed E-state index contributed by atoms with van der Waals surface area (Å²) in [5.74, 6) is 0.701. The smallest absolute Gasteiger partial charge is 0.229 e. The van der Waals surface area contributed by atoms with Gasteiger partial charge in [0.15, 0.2) is 0 Å². The molecule has 5 nitrogen and oxygen atoms in total. The highest BCUT2D eigenvalue weighted by molar-refractivity contribution is 5.91. The second-order valence-corrected chi connectivity index (χ2v) is 4.76. The summed E-state index contributed by atoms with van der Waals surface area (Å²) in [6, 6.07) is 9.14. The minimum atomic E-state index is -0.0481. The molecular weight excluding hydrogens is 252 g/mol. The van der Waals surface area contributed by atoms with Gasteiger partial charge in [0.25, 0.3) is 0 Å². The van der Waals surface area contributed by atoms with E-state index in [9.17, 15) is 4.79 Å². The van der Waals surface area contributed by atoms with E-state index in [0.717, 1.165) is 30.8 Å². The van der Waals surface area contributed by atoms with E-state index in [1.807, 2.05) is 22.9 Å². The van der Waals surface area contributed by atoms with Crippen molar-refractivity contribution >= 4 is 17.4 Å². The van der Waals surface area contributed by atoms with Crippen LogP contribution < -0.4 is 11.1 Å². The largest absolute Gasteiger partial charge is 0.399 e. The molecule has 0 spiro atoms. The molecule has 0 aliphatic carbocycles. The van der Waals surface area contributed by atoms with Gasteiger partial charge in [-0.1, -0.05) is 25.5 Å². The van der Waals surface area contributed by atoms with Crippen molar-refractivity contribution in [2.75, 3.05) is 11.1 Å². The molecule has 0 aliphatic heterocycles. The van der Waals surface area contributed by atoms with Gasteiger partial charge in [-0.05, 0) is 24.1 Å². The maximum atomic E-state index is 12.0. The Morgan fingerprint density at radius 1 is 1.30 bits per heavy atom. The summed E-state index contributed by atoms with van der Waals surface area (Å²) in [4.78, 5) is 12.0. The van der Waals surface area contributed by atoms with E-state index < -0.39 is 0 Å². The van der Waals surface area contributed by atoms with Gasteiger partial charge < -0.3 is 11.1 Å². The molecule has 2 rings (SSSR count). The van der Waals surface area contributed by atoms with Crippen LogP contribution in [0.4, 0.5) is 11.5 Å². The maximum Gasteiger partial charge on any atom is 0.229 e. The highest BCUT2D eigenvalue weighted by Gasteiger charge is 2.07. The summed E-state index contributed by atoms with van der Waals surface area (Å²) in [5.41, 5.74) is 7.26. The van der Waals surface area contributed by atoms with Crippen LogP contribution in [0.25, 0.3) is 0 Å². The molecule has 1 aromatic carbocycles. The Balaban J connectivity index is 1.94. The first-order valence-corrected chi connectivity index (χ1v) is 6.85. The summed E-state index contributed by atoms with van der Waals surface area (Å²) in [5, 5.41) is 7.10. The summed E-state index contributed by atoms with van der Waals surface area (Å²) in [6.07, 6.45) is 4.18. The third-order valence-electron chi connectivity index (χ3n) is 3.05. The second kappa shape index (κ2) is 6.75. The van der Waals surface area contributed by atoms with E-state index in [4.69, 9.17) is 5.73 Å². The van der Waals surface area contributed by atoms with Crippen molar-refractivity contribution in [2.24, 2.45) is 0 Å². The number of nitrogens with zero attached hydrogens (tertiary/aromatic N) is 2. The molecule has 2 aromatic rings. The summed E-state index contributed by atoms with van der Waals surface area (Å²) in [6.45, 7) is 2.95. The van der Waals surface area contributed by atoms with Crippen molar-refractivity contribution in [1.29, 1.82) is 0 Å². The Kier molecular flexibility index (Phi) is 4.76. The van der Waals surface area contributed by atoms with Gasteiger partial charge in [0.1, 0.15) is 5.82 Å². The average molecular weight is 272 g/mol. The number of benzene rings is 1. The van der Waals surface area contributed by atoms with Gasteiger partial charge in [0.2, 0.25) is 5.91 Å². The Morgan fingerprint density at radius 2 is 2.05 bits per heavy atom. The predicted molar refractivity (Wildman–Crippen MR) is 80.3 cm³/mol. The first-order chi connectivity index (χ1) is 9.69. The Bertz CT molecular complexity index is 560. The number of carbonyl (C=O) groups excluding carboxylic acids is 1. The predicted octanol–water partition coefficient (Wildman–Crippen LogP) is 2.45. The van der Waals surface area contributed by atoms with Gasteiger partial charge in [-0.15, -0.1) is 0 Å². The number of hydrogen-bond donors (Lipinski definition) is 2. The summed E-state index contributed by atoms with van der Waals surface area (Å²) >= 11 is 0. The van der Waals surface area contributed by atoms with Gasteiger partial charge in [-0.3, -0.25) is 4.79 Å². The highest BCUT2D eigenvalue weighted by atomic mass is 16.1. The number of nitrogens with one attached hydrogen (secondary N) is 1. The lowest BCUT2D eigenvalue weighted by atomic mass is 10.1. The van der Waals surface area contributed by atoms with Gasteiger partial charge in [-0.2, -0.15) is 5.10 Å². The number of unbranched alkanes of at least 4 members (excludes halogenated alkanes) is 1. The molecule has 0 fully saturated rings. The molecular formula is C15H20N4O. The van der Waals surface area contributed by atoms with E-state index >= 15 is 0 Å². The normalized spacial score (nSPS) is 10.4. The SMILES string of the molecule is CCCCn1nccc1NC(=O)Cc1ccc(N)cc1. The number of anilines is 2. The topological polar surface area (TPSA) is 72.9 Å². The number of carbonyl (C=O) groups is 1. The Morgan fingerprint density at radius 3 is 2.75 bits per heavy atom. The molecule has 0 aliphatic rings. The highest BCUT2D eigenvalue weighted by Crippen LogP contribution is 2.10. The van der Waals surface area contributed by atoms with E-state index in [-0.39, 0.29) is 5.91 Å². The molecule has 0 bridgehead atoms. The van der Waals surface area contributed by atoms with Crippen molar-refractivity contribution < 1.29 is 4.79 Å². The van der Waals surface area contributed by atoms with Crippen LogP contribution in [0.5, 0.6) is 0 Å². The molecule has 0 radical (unpaired) electrons. The van der Waals surface area contributed by atoms with Crippen LogP contribution in [0.15, 0.2) is 36.5 Å². The van der Waals surface area contributed by atoms with Crippen molar-refractivity contribution in [3.05, 3.63) is 42.1 Å². The van der Waals surface area contributed by atoms with Crippen LogP contribution in [0.2, 0.25) is 0 Å². The van der Waals surface area contributed by atoms with E-state index in [2.05, 4.69) is 17.3 Å². The minimum Gasteiger partial charge on any atom is -0.399 e. The van der Waals surface area contributed by atoms with Gasteiger partial charge in [-0.25, -0.2) is 4.68 Å². The summed E-state index contributed by atoms with van der Waals surface area (Å²) < 4.78 is 1.82. The molecule has 1 aromatic heterocycles. The zero-order chi connectivity index (χ0) is 14.4. The number of amides is 1. The van der Waals surface area contributed by atoms with Gasteiger partial charge in [0.05, 0.1) is 12.6 Å². The Labute approximate surface area is 118 Å². The molecule has 0 unspecified atom stereocenters. The van der Waals surface area contributed by atoms with Crippen molar-refractivity contribution in [1.82, 2.24) is 9.78 Å². The van der Waals surface area contributed by atoms with Crippen LogP contribution in [0.3, 0.4) is 0 Å². The molecule has 106 valence electrons. The Hall–Kier alpha value is -2.30. The standard InChI is InChI=1S/C15H20N4O/c1-2-3-10-19-14(8-9-17-19)18-15(20)11-12-4-6-13(16)7-5-12/h4-9H,2-3,10-11,16H2,1H3,(H,18,20). The molecule has 0 saturated carbocycles. The number of rotatable bonds is 6. The van der Waals surface area contributed by atoms with Gasteiger partial charge >= 0.3 is 0 Å². The van der Waals surface area contributed by atoms with Crippen molar-refractivity contribution in [2.45, 2.75) is 32.7 Å². The molecule has 5 heteroatoms. The maximum absolute atomic E-state index is 12.0. The third kappa shape index (κ3) is 3.85. The van der Waals surface area contributed by atoms with Gasteiger partial charge in [0, 0.05) is 18.3 Å². The fraction of sp³-hybridized carbons (Fsp3) is 0.333. The molecule has 20 heavy (non-hydrogen) atoms. The van der Waals surface area contributed by atoms with Crippen molar-refractivity contribution in [3.8, 4) is 0 Å². The molecule has 1 heterocycles. The summed E-state index contributed by atoms with van der Waals surface area (Å²) in [7, 11) is 0. The molecule has 1 amide bonds. The lowest BCUT2D eigenvalue weighted by molar-refractivity contribution is -0.115. The van der Waals surface area contributed by atoms with E-state index in [1.54, 1.807) is 18.3 Å². The number of aromatic nitrogens is 2. The van der Waals surface area contributed by atoms with E-state index in [1.165, 1.54) is 0 Å². The first kappa shape index (κ1) is 14.1. The third-order valence-corrected chi connectivity index (χ3v) is 3.05. The van der Waals surface area contributed by atoms with Crippen LogP contribution in [0, 0.1) is 0 Å². The second-order valence-electron chi connectivity index (χ2n) is 4.76. The molecule has 0 saturated heterocycles. The molecule has 0 atom stereocenters. The van der Waals surface area contributed by atoms with E-state index in [0.29, 0.717) is 12.1 Å². The monoisotopic (exact) mass is 272 g/mol. The van der Waals surface area contributed by atoms with Crippen LogP contribution in [-0.2, 0) is 17.8 Å². The fourth-order valence-electron chi connectivity index (χ4n) is 1.93. The number of nitrogen functional groups attached to an aromatic ring is 1. The number of nitrogens with two attached hydrogens (primary N) is 1.